The van der Waals surface area contributed by atoms with E-state index >= 15 is 0 Å². The fraction of sp³-hybridized carbons (Fsp3) is 0.294. The van der Waals surface area contributed by atoms with E-state index in [1.54, 1.807) is 24.3 Å². The molecule has 0 aliphatic rings. The molecule has 0 spiro atoms. The van der Waals surface area contributed by atoms with E-state index in [0.717, 1.165) is 16.9 Å². The zero-order valence-electron chi connectivity index (χ0n) is 12.5. The summed E-state index contributed by atoms with van der Waals surface area (Å²) in [5.74, 6) is 0.949. The zero-order valence-corrected chi connectivity index (χ0v) is 12.5. The molecule has 2 unspecified atom stereocenters. The smallest absolute Gasteiger partial charge is 0.149 e. The lowest BCUT2D eigenvalue weighted by atomic mass is 10.0. The summed E-state index contributed by atoms with van der Waals surface area (Å²) in [5, 5.41) is 19.6. The summed E-state index contributed by atoms with van der Waals surface area (Å²) >= 11 is 0. The van der Waals surface area contributed by atoms with Gasteiger partial charge in [-0.15, -0.1) is 0 Å². The predicted octanol–water partition coefficient (Wildman–Crippen LogP) is 2.76. The van der Waals surface area contributed by atoms with Gasteiger partial charge in [0.2, 0.25) is 0 Å². The van der Waals surface area contributed by atoms with Crippen LogP contribution >= 0.6 is 0 Å². The number of benzene rings is 2. The van der Waals surface area contributed by atoms with Crippen LogP contribution in [0.15, 0.2) is 48.5 Å². The van der Waals surface area contributed by atoms with E-state index in [0.29, 0.717) is 0 Å². The van der Waals surface area contributed by atoms with E-state index in [-0.39, 0.29) is 12.0 Å². The first-order chi connectivity index (χ1) is 9.97. The Morgan fingerprint density at radius 2 is 1.38 bits per heavy atom. The van der Waals surface area contributed by atoms with Crippen LogP contribution in [0.1, 0.15) is 24.2 Å². The average molecular weight is 287 g/mol. The van der Waals surface area contributed by atoms with Crippen molar-refractivity contribution in [1.82, 2.24) is 4.90 Å². The summed E-state index contributed by atoms with van der Waals surface area (Å²) in [6.45, 7) is 1.97. The zero-order chi connectivity index (χ0) is 15.4. The van der Waals surface area contributed by atoms with Crippen molar-refractivity contribution in [3.05, 3.63) is 59.7 Å². The van der Waals surface area contributed by atoms with E-state index in [4.69, 9.17) is 4.74 Å². The Kier molecular flexibility index (Phi) is 4.83. The third-order valence-corrected chi connectivity index (χ3v) is 3.44. The minimum Gasteiger partial charge on any atom is -0.508 e. The van der Waals surface area contributed by atoms with E-state index in [9.17, 15) is 10.2 Å². The van der Waals surface area contributed by atoms with Crippen molar-refractivity contribution in [2.75, 3.05) is 14.1 Å². The van der Waals surface area contributed by atoms with Gasteiger partial charge < -0.3 is 14.9 Å². The molecule has 0 heterocycles. The van der Waals surface area contributed by atoms with Gasteiger partial charge in [-0.3, -0.25) is 4.90 Å². The van der Waals surface area contributed by atoms with Crippen molar-refractivity contribution >= 4 is 0 Å². The number of rotatable bonds is 5. The van der Waals surface area contributed by atoms with Gasteiger partial charge >= 0.3 is 0 Å². The molecule has 112 valence electrons. The molecular formula is C17H21NO3. The number of nitrogens with zero attached hydrogens (tertiary/aromatic N) is 1. The maximum atomic E-state index is 10.3. The largest absolute Gasteiger partial charge is 0.508 e. The molecule has 2 aromatic rings. The average Bonchev–Trinajstić information content (AvgIpc) is 2.48. The topological polar surface area (TPSA) is 52.9 Å². The Labute approximate surface area is 125 Å². The Morgan fingerprint density at radius 3 is 1.86 bits per heavy atom. The second-order valence-corrected chi connectivity index (χ2v) is 5.24. The fourth-order valence-corrected chi connectivity index (χ4v) is 1.88. The van der Waals surface area contributed by atoms with Crippen LogP contribution in [-0.2, 0) is 0 Å². The highest BCUT2D eigenvalue weighted by atomic mass is 16.5. The quantitative estimate of drug-likeness (QED) is 0.830. The molecule has 21 heavy (non-hydrogen) atoms. The number of aliphatic hydroxyl groups is 1. The molecule has 0 saturated carbocycles. The molecule has 0 aliphatic heterocycles. The SMILES string of the molecule is CC(Oc1ccc(C(O)c2ccc(O)cc2)cc1)N(C)C. The lowest BCUT2D eigenvalue weighted by molar-refractivity contribution is 0.0815. The number of phenolic OH excluding ortho intramolecular Hbond substituents is 1. The van der Waals surface area contributed by atoms with Crippen LogP contribution in [0, 0.1) is 0 Å². The molecule has 0 aromatic heterocycles. The summed E-state index contributed by atoms with van der Waals surface area (Å²) in [7, 11) is 3.90. The molecule has 0 aliphatic carbocycles. The minimum atomic E-state index is -0.717. The van der Waals surface area contributed by atoms with Crippen molar-refractivity contribution in [2.24, 2.45) is 0 Å². The number of aliphatic hydroxyl groups excluding tert-OH is 1. The summed E-state index contributed by atoms with van der Waals surface area (Å²) in [5.41, 5.74) is 1.52. The summed E-state index contributed by atoms with van der Waals surface area (Å²) < 4.78 is 5.74. The van der Waals surface area contributed by atoms with Gasteiger partial charge in [0.05, 0.1) is 0 Å². The third-order valence-electron chi connectivity index (χ3n) is 3.44. The van der Waals surface area contributed by atoms with Crippen LogP contribution in [-0.4, -0.2) is 35.4 Å². The number of aromatic hydroxyl groups is 1. The molecule has 4 nitrogen and oxygen atoms in total. The van der Waals surface area contributed by atoms with Crippen LogP contribution in [0.3, 0.4) is 0 Å². The molecule has 0 bridgehead atoms. The third kappa shape index (κ3) is 3.97. The van der Waals surface area contributed by atoms with Crippen molar-refractivity contribution in [3.8, 4) is 11.5 Å². The molecule has 2 aromatic carbocycles. The molecule has 2 rings (SSSR count). The Morgan fingerprint density at radius 1 is 0.905 bits per heavy atom. The number of hydrogen-bond acceptors (Lipinski definition) is 4. The molecule has 0 fully saturated rings. The summed E-state index contributed by atoms with van der Waals surface area (Å²) in [6.07, 6.45) is -0.733. The first kappa shape index (κ1) is 15.4. The maximum absolute atomic E-state index is 10.3. The first-order valence-electron chi connectivity index (χ1n) is 6.87. The van der Waals surface area contributed by atoms with E-state index < -0.39 is 6.10 Å². The Hall–Kier alpha value is -2.04. The molecular weight excluding hydrogens is 266 g/mol. The van der Waals surface area contributed by atoms with Gasteiger partial charge in [0.1, 0.15) is 23.8 Å². The number of phenols is 1. The molecule has 0 saturated heterocycles. The van der Waals surface area contributed by atoms with Gasteiger partial charge in [-0.05, 0) is 56.4 Å². The standard InChI is InChI=1S/C17H21NO3/c1-12(18(2)3)21-16-10-6-14(7-11-16)17(20)13-4-8-15(19)9-5-13/h4-12,17,19-20H,1-3H3. The van der Waals surface area contributed by atoms with Crippen LogP contribution in [0.2, 0.25) is 0 Å². The highest BCUT2D eigenvalue weighted by Gasteiger charge is 2.11. The van der Waals surface area contributed by atoms with Gasteiger partial charge in [-0.1, -0.05) is 24.3 Å². The molecule has 4 heteroatoms. The normalized spacial score (nSPS) is 14.0. The van der Waals surface area contributed by atoms with Crippen molar-refractivity contribution in [1.29, 1.82) is 0 Å². The molecule has 2 N–H and O–H groups in total. The van der Waals surface area contributed by atoms with Crippen molar-refractivity contribution < 1.29 is 14.9 Å². The molecule has 0 amide bonds. The predicted molar refractivity (Wildman–Crippen MR) is 82.4 cm³/mol. The fourth-order valence-electron chi connectivity index (χ4n) is 1.88. The molecule has 0 radical (unpaired) electrons. The van der Waals surface area contributed by atoms with E-state index in [1.807, 2.05) is 50.2 Å². The van der Waals surface area contributed by atoms with Crippen molar-refractivity contribution in [3.63, 3.8) is 0 Å². The van der Waals surface area contributed by atoms with E-state index in [1.165, 1.54) is 0 Å². The van der Waals surface area contributed by atoms with Gasteiger partial charge in [0, 0.05) is 0 Å². The van der Waals surface area contributed by atoms with Gasteiger partial charge in [-0.25, -0.2) is 0 Å². The van der Waals surface area contributed by atoms with Gasteiger partial charge in [0.25, 0.3) is 0 Å². The van der Waals surface area contributed by atoms with Gasteiger partial charge in [0.15, 0.2) is 0 Å². The summed E-state index contributed by atoms with van der Waals surface area (Å²) in [4.78, 5) is 1.97. The lowest BCUT2D eigenvalue weighted by Crippen LogP contribution is -2.30. The molecule has 2 atom stereocenters. The second-order valence-electron chi connectivity index (χ2n) is 5.24. The van der Waals surface area contributed by atoms with Crippen LogP contribution < -0.4 is 4.74 Å². The Balaban J connectivity index is 2.09. The minimum absolute atomic E-state index is 0.0159. The highest BCUT2D eigenvalue weighted by Crippen LogP contribution is 2.25. The number of hydrogen-bond donors (Lipinski definition) is 2. The van der Waals surface area contributed by atoms with Crippen molar-refractivity contribution in [2.45, 2.75) is 19.3 Å². The highest BCUT2D eigenvalue weighted by molar-refractivity contribution is 5.36. The second kappa shape index (κ2) is 6.61. The first-order valence-corrected chi connectivity index (χ1v) is 6.87. The summed E-state index contributed by atoms with van der Waals surface area (Å²) in [6, 6.07) is 13.9. The van der Waals surface area contributed by atoms with Crippen LogP contribution in [0.5, 0.6) is 11.5 Å². The monoisotopic (exact) mass is 287 g/mol. The number of ether oxygens (including phenoxy) is 1. The Bertz CT molecular complexity index is 564. The maximum Gasteiger partial charge on any atom is 0.149 e. The lowest BCUT2D eigenvalue weighted by Gasteiger charge is -2.21. The van der Waals surface area contributed by atoms with Crippen LogP contribution in [0.4, 0.5) is 0 Å². The van der Waals surface area contributed by atoms with E-state index in [2.05, 4.69) is 0 Å². The van der Waals surface area contributed by atoms with Gasteiger partial charge in [-0.2, -0.15) is 0 Å². The van der Waals surface area contributed by atoms with Crippen LogP contribution in [0.25, 0.3) is 0 Å².